The van der Waals surface area contributed by atoms with Gasteiger partial charge in [0.05, 0.1) is 11.7 Å². The molecule has 0 aliphatic heterocycles. The first kappa shape index (κ1) is 16.5. The summed E-state index contributed by atoms with van der Waals surface area (Å²) in [6.07, 6.45) is 1.05. The number of aromatic amines is 1. The lowest BCUT2D eigenvalue weighted by molar-refractivity contribution is -0.139. The van der Waals surface area contributed by atoms with Crippen LogP contribution in [0.3, 0.4) is 0 Å². The lowest BCUT2D eigenvalue weighted by Gasteiger charge is -2.15. The molecule has 1 amide bonds. The molecule has 1 aromatic heterocycles. The first-order valence-corrected chi connectivity index (χ1v) is 7.74. The van der Waals surface area contributed by atoms with E-state index in [0.29, 0.717) is 0 Å². The van der Waals surface area contributed by atoms with Crippen LogP contribution in [0.4, 0.5) is 4.79 Å². The van der Waals surface area contributed by atoms with E-state index in [1.165, 1.54) is 0 Å². The molecule has 1 unspecified atom stereocenters. The normalized spacial score (nSPS) is 11.8. The molecule has 0 aliphatic rings. The monoisotopic (exact) mass is 339 g/mol. The van der Waals surface area contributed by atoms with Crippen LogP contribution in [0.2, 0.25) is 0 Å². The number of carboxylic acids is 1. The first-order valence-electron chi connectivity index (χ1n) is 7.74. The zero-order valence-corrected chi connectivity index (χ0v) is 13.3. The summed E-state index contributed by atoms with van der Waals surface area (Å²) in [5, 5.41) is 19.4. The van der Waals surface area contributed by atoms with Gasteiger partial charge in [0.25, 0.3) is 0 Å². The Kier molecular flexibility index (Phi) is 4.94. The lowest BCUT2D eigenvalue weighted by Crippen LogP contribution is -2.42. The van der Waals surface area contributed by atoms with Crippen molar-refractivity contribution in [2.45, 2.75) is 19.1 Å². The van der Waals surface area contributed by atoms with Crippen LogP contribution in [0.15, 0.2) is 54.7 Å². The van der Waals surface area contributed by atoms with Crippen LogP contribution < -0.4 is 5.32 Å². The van der Waals surface area contributed by atoms with Crippen LogP contribution in [-0.4, -0.2) is 33.4 Å². The topological polar surface area (TPSA) is 104 Å². The van der Waals surface area contributed by atoms with Gasteiger partial charge in [-0.05, 0) is 23.3 Å². The second kappa shape index (κ2) is 7.48. The van der Waals surface area contributed by atoms with E-state index in [9.17, 15) is 14.7 Å². The number of aromatic nitrogens is 2. The third kappa shape index (κ3) is 4.35. The van der Waals surface area contributed by atoms with Crippen LogP contribution in [0.5, 0.6) is 0 Å². The van der Waals surface area contributed by atoms with Gasteiger partial charge in [0.1, 0.15) is 12.6 Å². The molecule has 0 aliphatic carbocycles. The number of alkyl carbamates (subject to hydrolysis) is 1. The molecule has 2 aromatic carbocycles. The fourth-order valence-electron chi connectivity index (χ4n) is 2.46. The number of hydrogen-bond donors (Lipinski definition) is 3. The van der Waals surface area contributed by atoms with Gasteiger partial charge in [0, 0.05) is 11.8 Å². The molecule has 128 valence electrons. The van der Waals surface area contributed by atoms with Gasteiger partial charge < -0.3 is 15.2 Å². The summed E-state index contributed by atoms with van der Waals surface area (Å²) in [5.41, 5.74) is 2.48. The molecular weight excluding hydrogens is 322 g/mol. The summed E-state index contributed by atoms with van der Waals surface area (Å²) in [6, 6.07) is 13.6. The fourth-order valence-corrected chi connectivity index (χ4v) is 2.46. The van der Waals surface area contributed by atoms with Gasteiger partial charge in [-0.3, -0.25) is 5.10 Å². The van der Waals surface area contributed by atoms with E-state index < -0.39 is 18.1 Å². The molecule has 3 aromatic rings. The van der Waals surface area contributed by atoms with Gasteiger partial charge >= 0.3 is 12.1 Å². The Bertz CT molecular complexity index is 876. The maximum atomic E-state index is 11.9. The van der Waals surface area contributed by atoms with Gasteiger partial charge in [-0.15, -0.1) is 0 Å². The predicted octanol–water partition coefficient (Wildman–Crippen LogP) is 2.49. The Balaban J connectivity index is 1.60. The highest BCUT2D eigenvalue weighted by atomic mass is 16.5. The van der Waals surface area contributed by atoms with Crippen molar-refractivity contribution in [1.29, 1.82) is 0 Å². The van der Waals surface area contributed by atoms with Crippen molar-refractivity contribution < 1.29 is 19.4 Å². The van der Waals surface area contributed by atoms with E-state index >= 15 is 0 Å². The largest absolute Gasteiger partial charge is 0.480 e. The number of rotatable bonds is 6. The number of fused-ring (bicyclic) bond motifs is 1. The third-order valence-corrected chi connectivity index (χ3v) is 3.75. The molecule has 0 radical (unpaired) electrons. The van der Waals surface area contributed by atoms with Crippen LogP contribution in [0, 0.1) is 0 Å². The Morgan fingerprint density at radius 3 is 2.72 bits per heavy atom. The number of amides is 1. The SMILES string of the molecule is O=C(NC(Cc1ccc2[nH]ncc2c1)C(=O)O)OCc1ccccc1. The van der Waals surface area contributed by atoms with Crippen LogP contribution >= 0.6 is 0 Å². The quantitative estimate of drug-likeness (QED) is 0.640. The van der Waals surface area contributed by atoms with Gasteiger partial charge in [0.2, 0.25) is 0 Å². The molecule has 0 bridgehead atoms. The number of benzene rings is 2. The lowest BCUT2D eigenvalue weighted by atomic mass is 10.0. The van der Waals surface area contributed by atoms with Crippen molar-refractivity contribution >= 4 is 23.0 Å². The van der Waals surface area contributed by atoms with Crippen LogP contribution in [0.25, 0.3) is 10.9 Å². The fraction of sp³-hybridized carbons (Fsp3) is 0.167. The van der Waals surface area contributed by atoms with Gasteiger partial charge in [-0.2, -0.15) is 5.10 Å². The Morgan fingerprint density at radius 2 is 1.96 bits per heavy atom. The number of nitrogens with one attached hydrogen (secondary N) is 2. The molecule has 3 rings (SSSR count). The van der Waals surface area contributed by atoms with Crippen LogP contribution in [0.1, 0.15) is 11.1 Å². The smallest absolute Gasteiger partial charge is 0.408 e. The first-order chi connectivity index (χ1) is 12.1. The number of aliphatic carboxylic acids is 1. The van der Waals surface area contributed by atoms with Gasteiger partial charge in [-0.1, -0.05) is 36.4 Å². The molecule has 0 saturated carbocycles. The van der Waals surface area contributed by atoms with Crippen molar-refractivity contribution in [3.05, 3.63) is 65.9 Å². The standard InChI is InChI=1S/C18H17N3O4/c22-17(23)16(9-13-6-7-15-14(8-13)10-19-21-15)20-18(24)25-11-12-4-2-1-3-5-12/h1-8,10,16H,9,11H2,(H,19,21)(H,20,24)(H,22,23). The average Bonchev–Trinajstić information content (AvgIpc) is 3.08. The number of ether oxygens (including phenoxy) is 1. The van der Waals surface area contributed by atoms with Crippen molar-refractivity contribution in [3.63, 3.8) is 0 Å². The molecular formula is C18H17N3O4. The van der Waals surface area contributed by atoms with Crippen molar-refractivity contribution in [3.8, 4) is 0 Å². The Labute approximate surface area is 143 Å². The average molecular weight is 339 g/mol. The number of H-pyrrole nitrogens is 1. The predicted molar refractivity (Wildman–Crippen MR) is 91.0 cm³/mol. The molecule has 1 atom stereocenters. The summed E-state index contributed by atoms with van der Waals surface area (Å²) in [5.74, 6) is -1.12. The Morgan fingerprint density at radius 1 is 1.16 bits per heavy atom. The minimum absolute atomic E-state index is 0.0833. The number of carbonyl (C=O) groups excluding carboxylic acids is 1. The molecule has 0 saturated heterocycles. The minimum Gasteiger partial charge on any atom is -0.480 e. The maximum Gasteiger partial charge on any atom is 0.408 e. The minimum atomic E-state index is -1.12. The van der Waals surface area contributed by atoms with Crippen molar-refractivity contribution in [2.75, 3.05) is 0 Å². The zero-order valence-electron chi connectivity index (χ0n) is 13.3. The summed E-state index contributed by atoms with van der Waals surface area (Å²) in [6.45, 7) is 0.0833. The molecule has 7 nitrogen and oxygen atoms in total. The van der Waals surface area contributed by atoms with Gasteiger partial charge in [-0.25, -0.2) is 9.59 Å². The molecule has 0 fully saturated rings. The number of carbonyl (C=O) groups is 2. The summed E-state index contributed by atoms with van der Waals surface area (Å²) in [4.78, 5) is 23.3. The van der Waals surface area contributed by atoms with E-state index in [0.717, 1.165) is 22.0 Å². The highest BCUT2D eigenvalue weighted by Crippen LogP contribution is 2.14. The third-order valence-electron chi connectivity index (χ3n) is 3.75. The zero-order chi connectivity index (χ0) is 17.6. The second-order valence-electron chi connectivity index (χ2n) is 5.59. The van der Waals surface area contributed by atoms with E-state index in [4.69, 9.17) is 4.74 Å². The molecule has 7 heteroatoms. The van der Waals surface area contributed by atoms with E-state index in [2.05, 4.69) is 15.5 Å². The maximum absolute atomic E-state index is 11.9. The van der Waals surface area contributed by atoms with E-state index in [1.54, 1.807) is 12.3 Å². The van der Waals surface area contributed by atoms with E-state index in [1.807, 2.05) is 42.5 Å². The number of nitrogens with zero attached hydrogens (tertiary/aromatic N) is 1. The summed E-state index contributed by atoms with van der Waals surface area (Å²) < 4.78 is 5.08. The van der Waals surface area contributed by atoms with Crippen LogP contribution in [-0.2, 0) is 22.6 Å². The van der Waals surface area contributed by atoms with Gasteiger partial charge in [0.15, 0.2) is 0 Å². The Hall–Kier alpha value is -3.35. The summed E-state index contributed by atoms with van der Waals surface area (Å²) in [7, 11) is 0. The van der Waals surface area contributed by atoms with E-state index in [-0.39, 0.29) is 13.0 Å². The molecule has 3 N–H and O–H groups in total. The highest BCUT2D eigenvalue weighted by molar-refractivity contribution is 5.81. The second-order valence-corrected chi connectivity index (χ2v) is 5.59. The molecule has 25 heavy (non-hydrogen) atoms. The van der Waals surface area contributed by atoms with Crippen molar-refractivity contribution in [2.24, 2.45) is 0 Å². The molecule has 1 heterocycles. The molecule has 0 spiro atoms. The summed E-state index contributed by atoms with van der Waals surface area (Å²) >= 11 is 0. The van der Waals surface area contributed by atoms with Crippen molar-refractivity contribution in [1.82, 2.24) is 15.5 Å². The highest BCUT2D eigenvalue weighted by Gasteiger charge is 2.21. The number of carboxylic acid groups (broad SMARTS) is 1. The number of hydrogen-bond acceptors (Lipinski definition) is 4.